The molecular weight excluding hydrogens is 309 g/mol. The van der Waals surface area contributed by atoms with E-state index in [4.69, 9.17) is 27.4 Å². The zero-order valence-electron chi connectivity index (χ0n) is 10.3. The van der Waals surface area contributed by atoms with Crippen LogP contribution in [0.1, 0.15) is 25.7 Å². The summed E-state index contributed by atoms with van der Waals surface area (Å²) in [6.45, 7) is 0.987. The molecule has 0 spiro atoms. The predicted octanol–water partition coefficient (Wildman–Crippen LogP) is 3.49. The van der Waals surface area contributed by atoms with Crippen molar-refractivity contribution in [3.63, 3.8) is 0 Å². The van der Waals surface area contributed by atoms with Gasteiger partial charge < -0.3 is 4.18 Å². The maximum Gasteiger partial charge on any atom is 0.385 e. The van der Waals surface area contributed by atoms with Gasteiger partial charge in [0.25, 0.3) is 0 Å². The van der Waals surface area contributed by atoms with Crippen LogP contribution in [0.5, 0.6) is 5.75 Å². The van der Waals surface area contributed by atoms with Crippen molar-refractivity contribution in [1.29, 1.82) is 0 Å². The van der Waals surface area contributed by atoms with E-state index in [2.05, 4.69) is 0 Å². The van der Waals surface area contributed by atoms with E-state index in [9.17, 15) is 8.42 Å². The molecule has 2 rings (SSSR count). The predicted molar refractivity (Wildman–Crippen MR) is 76.1 cm³/mol. The van der Waals surface area contributed by atoms with Crippen molar-refractivity contribution >= 4 is 33.5 Å². The normalized spacial score (nSPS) is 18.0. The number of nitrogens with zero attached hydrogens (tertiary/aromatic N) is 1. The molecule has 1 aliphatic rings. The maximum absolute atomic E-state index is 12.2. The quantitative estimate of drug-likeness (QED) is 0.855. The summed E-state index contributed by atoms with van der Waals surface area (Å²) < 4.78 is 30.8. The molecule has 1 aromatic carbocycles. The fourth-order valence-electron chi connectivity index (χ4n) is 1.97. The lowest BCUT2D eigenvalue weighted by atomic mass is 10.2. The molecule has 106 valence electrons. The van der Waals surface area contributed by atoms with E-state index < -0.39 is 10.3 Å². The average molecular weight is 324 g/mol. The third kappa shape index (κ3) is 3.99. The fourth-order valence-corrected chi connectivity index (χ4v) is 3.65. The Balaban J connectivity index is 2.15. The maximum atomic E-state index is 12.2. The molecule has 19 heavy (non-hydrogen) atoms. The Bertz CT molecular complexity index is 540. The summed E-state index contributed by atoms with van der Waals surface area (Å²) in [6, 6.07) is 4.46. The second kappa shape index (κ2) is 6.31. The van der Waals surface area contributed by atoms with Gasteiger partial charge in [-0.2, -0.15) is 12.7 Å². The Hall–Kier alpha value is -0.490. The monoisotopic (exact) mass is 323 g/mol. The molecule has 1 heterocycles. The van der Waals surface area contributed by atoms with E-state index in [0.29, 0.717) is 18.1 Å². The van der Waals surface area contributed by atoms with Gasteiger partial charge in [0.15, 0.2) is 5.75 Å². The Labute approximate surface area is 123 Å². The van der Waals surface area contributed by atoms with Crippen molar-refractivity contribution in [2.24, 2.45) is 0 Å². The van der Waals surface area contributed by atoms with E-state index >= 15 is 0 Å². The van der Waals surface area contributed by atoms with Gasteiger partial charge in [-0.3, -0.25) is 0 Å². The lowest BCUT2D eigenvalue weighted by molar-refractivity contribution is 0.363. The van der Waals surface area contributed by atoms with Gasteiger partial charge in [-0.15, -0.1) is 0 Å². The van der Waals surface area contributed by atoms with Crippen LogP contribution in [0.4, 0.5) is 0 Å². The molecule has 0 bridgehead atoms. The third-order valence-electron chi connectivity index (χ3n) is 2.97. The Morgan fingerprint density at radius 2 is 1.68 bits per heavy atom. The van der Waals surface area contributed by atoms with Gasteiger partial charge >= 0.3 is 10.3 Å². The van der Waals surface area contributed by atoms with Gasteiger partial charge in [-0.05, 0) is 31.0 Å². The Morgan fingerprint density at radius 3 is 2.26 bits per heavy atom. The zero-order valence-corrected chi connectivity index (χ0v) is 12.6. The van der Waals surface area contributed by atoms with Crippen LogP contribution in [-0.2, 0) is 10.3 Å². The number of hydrogen-bond donors (Lipinski definition) is 0. The molecule has 0 radical (unpaired) electrons. The molecule has 7 heteroatoms. The average Bonchev–Trinajstić information content (AvgIpc) is 2.62. The smallest absolute Gasteiger partial charge is 0.369 e. The lowest BCUT2D eigenvalue weighted by Gasteiger charge is -2.19. The van der Waals surface area contributed by atoms with E-state index in [1.165, 1.54) is 16.4 Å². The van der Waals surface area contributed by atoms with E-state index in [-0.39, 0.29) is 10.8 Å². The second-order valence-corrected chi connectivity index (χ2v) is 6.81. The van der Waals surface area contributed by atoms with Gasteiger partial charge in [0, 0.05) is 18.1 Å². The van der Waals surface area contributed by atoms with Crippen molar-refractivity contribution in [3.8, 4) is 5.75 Å². The van der Waals surface area contributed by atoms with Crippen molar-refractivity contribution in [3.05, 3.63) is 28.2 Å². The molecule has 0 saturated carbocycles. The van der Waals surface area contributed by atoms with Gasteiger partial charge in [0.05, 0.1) is 5.02 Å². The van der Waals surface area contributed by atoms with Gasteiger partial charge in [0.1, 0.15) is 0 Å². The molecule has 0 aromatic heterocycles. The Morgan fingerprint density at radius 1 is 1.05 bits per heavy atom. The van der Waals surface area contributed by atoms with Crippen molar-refractivity contribution in [2.45, 2.75) is 25.7 Å². The summed E-state index contributed by atoms with van der Waals surface area (Å²) >= 11 is 11.7. The van der Waals surface area contributed by atoms with Crippen LogP contribution >= 0.6 is 23.2 Å². The first kappa shape index (κ1) is 14.9. The minimum absolute atomic E-state index is 0.107. The molecule has 1 fully saturated rings. The highest BCUT2D eigenvalue weighted by molar-refractivity contribution is 7.84. The van der Waals surface area contributed by atoms with Gasteiger partial charge in [-0.1, -0.05) is 36.0 Å². The highest BCUT2D eigenvalue weighted by Gasteiger charge is 2.25. The summed E-state index contributed by atoms with van der Waals surface area (Å²) in [5.74, 6) is 0.107. The standard InChI is InChI=1S/C12H15Cl2NO3S/c13-10-5-6-12(11(14)9-10)18-19(16,17)15-7-3-1-2-4-8-15/h5-6,9H,1-4,7-8H2. The molecule has 0 amide bonds. The number of benzene rings is 1. The molecule has 0 aliphatic carbocycles. The van der Waals surface area contributed by atoms with Crippen LogP contribution in [0.25, 0.3) is 0 Å². The highest BCUT2D eigenvalue weighted by Crippen LogP contribution is 2.29. The molecule has 1 aromatic rings. The molecule has 1 saturated heterocycles. The van der Waals surface area contributed by atoms with E-state index in [1.807, 2.05) is 0 Å². The van der Waals surface area contributed by atoms with Crippen molar-refractivity contribution in [2.75, 3.05) is 13.1 Å². The van der Waals surface area contributed by atoms with E-state index in [0.717, 1.165) is 25.7 Å². The summed E-state index contributed by atoms with van der Waals surface area (Å²) in [5, 5.41) is 0.621. The summed E-state index contributed by atoms with van der Waals surface area (Å²) in [6.07, 6.45) is 3.81. The SMILES string of the molecule is O=S(=O)(Oc1ccc(Cl)cc1Cl)N1CCCCCC1. The third-order valence-corrected chi connectivity index (χ3v) is 4.89. The number of rotatable bonds is 3. The zero-order chi connectivity index (χ0) is 13.9. The minimum Gasteiger partial charge on any atom is -0.369 e. The highest BCUT2D eigenvalue weighted by atomic mass is 35.5. The first-order valence-electron chi connectivity index (χ1n) is 6.14. The first-order valence-corrected chi connectivity index (χ1v) is 8.26. The molecule has 0 atom stereocenters. The van der Waals surface area contributed by atoms with Gasteiger partial charge in [-0.25, -0.2) is 0 Å². The van der Waals surface area contributed by atoms with Crippen molar-refractivity contribution in [1.82, 2.24) is 4.31 Å². The Kier molecular flexibility index (Phi) is 4.95. The van der Waals surface area contributed by atoms with Crippen molar-refractivity contribution < 1.29 is 12.6 Å². The first-order chi connectivity index (χ1) is 8.99. The van der Waals surface area contributed by atoms with Crippen LogP contribution in [0.15, 0.2) is 18.2 Å². The number of hydrogen-bond acceptors (Lipinski definition) is 3. The van der Waals surface area contributed by atoms with Crippen LogP contribution in [0.2, 0.25) is 10.0 Å². The molecule has 4 nitrogen and oxygen atoms in total. The molecule has 1 aliphatic heterocycles. The topological polar surface area (TPSA) is 46.6 Å². The van der Waals surface area contributed by atoms with Gasteiger partial charge in [0.2, 0.25) is 0 Å². The minimum atomic E-state index is -3.79. The largest absolute Gasteiger partial charge is 0.385 e. The second-order valence-electron chi connectivity index (χ2n) is 4.43. The summed E-state index contributed by atoms with van der Waals surface area (Å²) in [5.41, 5.74) is 0. The molecule has 0 unspecified atom stereocenters. The summed E-state index contributed by atoms with van der Waals surface area (Å²) in [7, 11) is -3.79. The van der Waals surface area contributed by atoms with Crippen LogP contribution in [-0.4, -0.2) is 25.8 Å². The number of halogens is 2. The van der Waals surface area contributed by atoms with Crippen LogP contribution < -0.4 is 4.18 Å². The van der Waals surface area contributed by atoms with Crippen LogP contribution in [0, 0.1) is 0 Å². The lowest BCUT2D eigenvalue weighted by Crippen LogP contribution is -2.35. The van der Waals surface area contributed by atoms with E-state index in [1.54, 1.807) is 6.07 Å². The molecular formula is C12H15Cl2NO3S. The fraction of sp³-hybridized carbons (Fsp3) is 0.500. The molecule has 0 N–H and O–H groups in total. The van der Waals surface area contributed by atoms with Crippen LogP contribution in [0.3, 0.4) is 0 Å². The summed E-state index contributed by atoms with van der Waals surface area (Å²) in [4.78, 5) is 0.